The zero-order valence-electron chi connectivity index (χ0n) is 10.9. The largest absolute Gasteiger partial charge is 0.481 e. The molecule has 2 aliphatic carbocycles. The van der Waals surface area contributed by atoms with Gasteiger partial charge in [0.1, 0.15) is 0 Å². The number of carboxylic acids is 1. The van der Waals surface area contributed by atoms with E-state index in [-0.39, 0.29) is 24.4 Å². The van der Waals surface area contributed by atoms with Crippen LogP contribution in [0.5, 0.6) is 0 Å². The summed E-state index contributed by atoms with van der Waals surface area (Å²) < 4.78 is 0. The monoisotopic (exact) mass is 268 g/mol. The van der Waals surface area contributed by atoms with E-state index in [4.69, 9.17) is 5.11 Å². The molecule has 0 bridgehead atoms. The summed E-state index contributed by atoms with van der Waals surface area (Å²) in [4.78, 5) is 33.8. The summed E-state index contributed by atoms with van der Waals surface area (Å²) >= 11 is 0. The molecule has 2 fully saturated rings. The van der Waals surface area contributed by atoms with Gasteiger partial charge in [-0.2, -0.15) is 0 Å². The first-order chi connectivity index (χ1) is 9.08. The normalized spacial score (nSPS) is 26.5. The Balaban J connectivity index is 1.63. The molecule has 0 aromatic rings. The Bertz CT molecular complexity index is 377. The standard InChI is InChI=1S/C13H20N2O4/c16-11(15-8-4-2-1-3-5-8)7-14-12(17)9-6-10(9)13(18)19/h8-10H,1-7H2,(H,14,17)(H,15,16)(H,18,19). The van der Waals surface area contributed by atoms with Crippen LogP contribution in [0.15, 0.2) is 0 Å². The Morgan fingerprint density at radius 3 is 2.32 bits per heavy atom. The van der Waals surface area contributed by atoms with Crippen molar-refractivity contribution in [2.24, 2.45) is 11.8 Å². The van der Waals surface area contributed by atoms with E-state index >= 15 is 0 Å². The van der Waals surface area contributed by atoms with E-state index in [0.29, 0.717) is 6.42 Å². The fourth-order valence-corrected chi connectivity index (χ4v) is 2.58. The highest BCUT2D eigenvalue weighted by Gasteiger charge is 2.48. The van der Waals surface area contributed by atoms with Crippen LogP contribution in [0.2, 0.25) is 0 Å². The van der Waals surface area contributed by atoms with E-state index in [1.54, 1.807) is 0 Å². The highest BCUT2D eigenvalue weighted by Crippen LogP contribution is 2.38. The molecule has 2 rings (SSSR count). The van der Waals surface area contributed by atoms with Gasteiger partial charge in [0.15, 0.2) is 0 Å². The Labute approximate surface area is 111 Å². The highest BCUT2D eigenvalue weighted by atomic mass is 16.4. The number of carboxylic acid groups (broad SMARTS) is 1. The van der Waals surface area contributed by atoms with Crippen molar-refractivity contribution >= 4 is 17.8 Å². The van der Waals surface area contributed by atoms with Crippen LogP contribution < -0.4 is 10.6 Å². The van der Waals surface area contributed by atoms with Crippen molar-refractivity contribution in [3.63, 3.8) is 0 Å². The van der Waals surface area contributed by atoms with Crippen LogP contribution >= 0.6 is 0 Å². The summed E-state index contributed by atoms with van der Waals surface area (Å²) in [6.45, 7) is -0.0574. The molecule has 0 heterocycles. The number of nitrogens with one attached hydrogen (secondary N) is 2. The third-order valence-electron chi connectivity index (χ3n) is 3.84. The minimum atomic E-state index is -0.938. The SMILES string of the molecule is O=C(CNC(=O)C1CC1C(=O)O)NC1CCCCC1. The lowest BCUT2D eigenvalue weighted by atomic mass is 9.95. The summed E-state index contributed by atoms with van der Waals surface area (Å²) in [5, 5.41) is 14.1. The van der Waals surface area contributed by atoms with E-state index in [1.165, 1.54) is 6.42 Å². The minimum Gasteiger partial charge on any atom is -0.481 e. The van der Waals surface area contributed by atoms with E-state index in [9.17, 15) is 14.4 Å². The van der Waals surface area contributed by atoms with Gasteiger partial charge < -0.3 is 15.7 Å². The van der Waals surface area contributed by atoms with Crippen molar-refractivity contribution in [1.29, 1.82) is 0 Å². The third-order valence-corrected chi connectivity index (χ3v) is 3.84. The first kappa shape index (κ1) is 13.8. The highest BCUT2D eigenvalue weighted by molar-refractivity contribution is 5.91. The Kier molecular flexibility index (Phi) is 4.39. The van der Waals surface area contributed by atoms with Crippen LogP contribution in [-0.4, -0.2) is 35.5 Å². The van der Waals surface area contributed by atoms with Crippen molar-refractivity contribution in [1.82, 2.24) is 10.6 Å². The van der Waals surface area contributed by atoms with Gasteiger partial charge in [-0.3, -0.25) is 14.4 Å². The van der Waals surface area contributed by atoms with Crippen LogP contribution in [0.3, 0.4) is 0 Å². The number of hydrogen-bond acceptors (Lipinski definition) is 3. The van der Waals surface area contributed by atoms with Gasteiger partial charge in [0.05, 0.1) is 18.4 Å². The molecule has 6 nitrogen and oxygen atoms in total. The lowest BCUT2D eigenvalue weighted by Gasteiger charge is -2.22. The molecule has 3 N–H and O–H groups in total. The van der Waals surface area contributed by atoms with E-state index < -0.39 is 17.8 Å². The molecule has 0 radical (unpaired) electrons. The van der Waals surface area contributed by atoms with E-state index in [0.717, 1.165) is 25.7 Å². The van der Waals surface area contributed by atoms with Gasteiger partial charge in [-0.15, -0.1) is 0 Å². The topological polar surface area (TPSA) is 95.5 Å². The second-order valence-electron chi connectivity index (χ2n) is 5.41. The van der Waals surface area contributed by atoms with Gasteiger partial charge in [-0.05, 0) is 19.3 Å². The molecule has 2 atom stereocenters. The second kappa shape index (κ2) is 6.04. The van der Waals surface area contributed by atoms with Crippen molar-refractivity contribution < 1.29 is 19.5 Å². The molecule has 0 spiro atoms. The first-order valence-electron chi connectivity index (χ1n) is 6.88. The number of rotatable bonds is 5. The van der Waals surface area contributed by atoms with Gasteiger partial charge in [-0.1, -0.05) is 19.3 Å². The summed E-state index contributed by atoms with van der Waals surface area (Å²) in [6.07, 6.45) is 5.89. The maximum Gasteiger partial charge on any atom is 0.307 e. The Morgan fingerprint density at radius 2 is 1.74 bits per heavy atom. The zero-order valence-corrected chi connectivity index (χ0v) is 10.9. The Morgan fingerprint density at radius 1 is 1.05 bits per heavy atom. The van der Waals surface area contributed by atoms with Crippen molar-refractivity contribution in [3.05, 3.63) is 0 Å². The summed E-state index contributed by atoms with van der Waals surface area (Å²) in [5.74, 6) is -2.48. The third kappa shape index (κ3) is 3.94. The summed E-state index contributed by atoms with van der Waals surface area (Å²) in [5.41, 5.74) is 0. The molecular weight excluding hydrogens is 248 g/mol. The van der Waals surface area contributed by atoms with Crippen molar-refractivity contribution in [2.45, 2.75) is 44.6 Å². The minimum absolute atomic E-state index is 0.0574. The number of carbonyl (C=O) groups is 3. The fraction of sp³-hybridized carbons (Fsp3) is 0.769. The number of aliphatic carboxylic acids is 1. The number of carbonyl (C=O) groups excluding carboxylic acids is 2. The molecule has 2 aliphatic rings. The van der Waals surface area contributed by atoms with Gasteiger partial charge in [0.25, 0.3) is 0 Å². The molecule has 0 aromatic carbocycles. The smallest absolute Gasteiger partial charge is 0.307 e. The van der Waals surface area contributed by atoms with Crippen molar-refractivity contribution in [2.75, 3.05) is 6.54 Å². The van der Waals surface area contributed by atoms with Crippen LogP contribution in [0.25, 0.3) is 0 Å². The molecule has 2 amide bonds. The predicted octanol–water partition coefficient (Wildman–Crippen LogP) is 0.272. The predicted molar refractivity (Wildman–Crippen MR) is 67.3 cm³/mol. The van der Waals surface area contributed by atoms with Crippen LogP contribution in [-0.2, 0) is 14.4 Å². The Hall–Kier alpha value is -1.59. The maximum absolute atomic E-state index is 11.6. The number of hydrogen-bond donors (Lipinski definition) is 3. The lowest BCUT2D eigenvalue weighted by molar-refractivity contribution is -0.140. The molecule has 106 valence electrons. The molecular formula is C13H20N2O4. The molecule has 2 unspecified atom stereocenters. The second-order valence-corrected chi connectivity index (χ2v) is 5.41. The van der Waals surface area contributed by atoms with Gasteiger partial charge in [0.2, 0.25) is 11.8 Å². The first-order valence-corrected chi connectivity index (χ1v) is 6.88. The van der Waals surface area contributed by atoms with Crippen LogP contribution in [0.4, 0.5) is 0 Å². The molecule has 0 saturated heterocycles. The van der Waals surface area contributed by atoms with Gasteiger partial charge in [0, 0.05) is 6.04 Å². The summed E-state index contributed by atoms with van der Waals surface area (Å²) in [6, 6.07) is 0.228. The number of amides is 2. The summed E-state index contributed by atoms with van der Waals surface area (Å²) in [7, 11) is 0. The van der Waals surface area contributed by atoms with Gasteiger partial charge in [-0.25, -0.2) is 0 Å². The molecule has 0 aliphatic heterocycles. The van der Waals surface area contributed by atoms with Crippen molar-refractivity contribution in [3.8, 4) is 0 Å². The van der Waals surface area contributed by atoms with E-state index in [1.807, 2.05) is 0 Å². The van der Waals surface area contributed by atoms with E-state index in [2.05, 4.69) is 10.6 Å². The quantitative estimate of drug-likeness (QED) is 0.667. The molecule has 19 heavy (non-hydrogen) atoms. The van der Waals surface area contributed by atoms with Crippen LogP contribution in [0.1, 0.15) is 38.5 Å². The maximum atomic E-state index is 11.6. The molecule has 0 aromatic heterocycles. The molecule has 6 heteroatoms. The molecule has 2 saturated carbocycles. The van der Waals surface area contributed by atoms with Gasteiger partial charge >= 0.3 is 5.97 Å². The fourth-order valence-electron chi connectivity index (χ4n) is 2.58. The average Bonchev–Trinajstić information content (AvgIpc) is 3.17. The van der Waals surface area contributed by atoms with Crippen LogP contribution in [0, 0.1) is 11.8 Å². The lowest BCUT2D eigenvalue weighted by Crippen LogP contribution is -2.43. The zero-order chi connectivity index (χ0) is 13.8. The average molecular weight is 268 g/mol.